The van der Waals surface area contributed by atoms with Crippen molar-refractivity contribution in [2.24, 2.45) is 11.8 Å². The van der Waals surface area contributed by atoms with Crippen LogP contribution in [0.15, 0.2) is 18.2 Å². The Morgan fingerprint density at radius 1 is 0.926 bits per heavy atom. The Morgan fingerprint density at radius 3 is 2.19 bits per heavy atom. The molecule has 0 fully saturated rings. The fraction of sp³-hybridized carbons (Fsp3) is 0.500. The van der Waals surface area contributed by atoms with Crippen LogP contribution in [0, 0.1) is 11.8 Å². The number of nitrogens with zero attached hydrogens (tertiary/aromatic N) is 1. The maximum absolute atomic E-state index is 12.5. The highest BCUT2D eigenvalue weighted by molar-refractivity contribution is 6.22. The third-order valence-corrected chi connectivity index (χ3v) is 4.11. The largest absolute Gasteiger partial charge is 0.354 e. The van der Waals surface area contributed by atoms with Crippen molar-refractivity contribution >= 4 is 23.6 Å². The van der Waals surface area contributed by atoms with Crippen LogP contribution in [0.2, 0.25) is 0 Å². The van der Waals surface area contributed by atoms with Gasteiger partial charge in [0, 0.05) is 31.6 Å². The SMILES string of the molecule is CC(C)CC(=O)NCCNC(=O)c1ccc2c(c1)C(=O)N(CC(C)C)C2=O. The standard InChI is InChI=1S/C20H27N3O4/c1-12(2)9-17(24)21-7-8-22-18(25)14-5-6-15-16(10-14)20(27)23(19(15)26)11-13(3)4/h5-6,10,12-13H,7-9,11H2,1-4H3,(H,21,24)(H,22,25). The lowest BCUT2D eigenvalue weighted by Crippen LogP contribution is -2.35. The fourth-order valence-corrected chi connectivity index (χ4v) is 2.89. The third kappa shape index (κ3) is 5.15. The zero-order valence-electron chi connectivity index (χ0n) is 16.3. The number of hydrogen-bond acceptors (Lipinski definition) is 4. The number of fused-ring (bicyclic) bond motifs is 1. The van der Waals surface area contributed by atoms with E-state index in [1.54, 1.807) is 0 Å². The molecule has 1 heterocycles. The number of amides is 4. The quantitative estimate of drug-likeness (QED) is 0.537. The van der Waals surface area contributed by atoms with E-state index in [2.05, 4.69) is 10.6 Å². The lowest BCUT2D eigenvalue weighted by atomic mass is 10.1. The normalized spacial score (nSPS) is 13.3. The zero-order valence-corrected chi connectivity index (χ0v) is 16.3. The van der Waals surface area contributed by atoms with E-state index in [9.17, 15) is 19.2 Å². The second kappa shape index (κ2) is 8.79. The lowest BCUT2D eigenvalue weighted by Gasteiger charge is -2.15. The maximum Gasteiger partial charge on any atom is 0.261 e. The van der Waals surface area contributed by atoms with E-state index in [0.29, 0.717) is 30.6 Å². The van der Waals surface area contributed by atoms with Crippen molar-refractivity contribution < 1.29 is 19.2 Å². The van der Waals surface area contributed by atoms with Gasteiger partial charge in [-0.2, -0.15) is 0 Å². The molecule has 1 aromatic rings. The van der Waals surface area contributed by atoms with E-state index in [1.165, 1.54) is 23.1 Å². The number of rotatable bonds is 8. The number of carbonyl (C=O) groups excluding carboxylic acids is 4. The van der Waals surface area contributed by atoms with Crippen molar-refractivity contribution in [1.82, 2.24) is 15.5 Å². The van der Waals surface area contributed by atoms with Crippen LogP contribution < -0.4 is 10.6 Å². The van der Waals surface area contributed by atoms with E-state index in [1.807, 2.05) is 27.7 Å². The van der Waals surface area contributed by atoms with Gasteiger partial charge in [-0.15, -0.1) is 0 Å². The summed E-state index contributed by atoms with van der Waals surface area (Å²) >= 11 is 0. The molecule has 0 atom stereocenters. The van der Waals surface area contributed by atoms with Gasteiger partial charge in [-0.05, 0) is 30.0 Å². The minimum atomic E-state index is -0.362. The van der Waals surface area contributed by atoms with Gasteiger partial charge in [0.05, 0.1) is 11.1 Å². The minimum Gasteiger partial charge on any atom is -0.354 e. The highest BCUT2D eigenvalue weighted by Gasteiger charge is 2.36. The van der Waals surface area contributed by atoms with Crippen molar-refractivity contribution in [3.63, 3.8) is 0 Å². The molecule has 0 bridgehead atoms. The molecule has 1 aromatic carbocycles. The smallest absolute Gasteiger partial charge is 0.261 e. The van der Waals surface area contributed by atoms with Gasteiger partial charge in [-0.25, -0.2) is 0 Å². The molecular formula is C20H27N3O4. The molecule has 7 heteroatoms. The second-order valence-electron chi connectivity index (χ2n) is 7.58. The molecule has 27 heavy (non-hydrogen) atoms. The summed E-state index contributed by atoms with van der Waals surface area (Å²) in [6.07, 6.45) is 0.446. The Balaban J connectivity index is 1.95. The first-order valence-corrected chi connectivity index (χ1v) is 9.25. The predicted molar refractivity (Wildman–Crippen MR) is 101 cm³/mol. The lowest BCUT2D eigenvalue weighted by molar-refractivity contribution is -0.121. The highest BCUT2D eigenvalue weighted by Crippen LogP contribution is 2.24. The highest BCUT2D eigenvalue weighted by atomic mass is 16.2. The summed E-state index contributed by atoms with van der Waals surface area (Å²) in [5, 5.41) is 5.45. The van der Waals surface area contributed by atoms with Crippen molar-refractivity contribution in [2.45, 2.75) is 34.1 Å². The Bertz CT molecular complexity index is 756. The average Bonchev–Trinajstić information content (AvgIpc) is 2.82. The fourth-order valence-electron chi connectivity index (χ4n) is 2.89. The first-order chi connectivity index (χ1) is 12.7. The van der Waals surface area contributed by atoms with Gasteiger partial charge in [0.15, 0.2) is 0 Å². The van der Waals surface area contributed by atoms with E-state index >= 15 is 0 Å². The molecule has 0 saturated carbocycles. The van der Waals surface area contributed by atoms with Crippen LogP contribution in [0.4, 0.5) is 0 Å². The number of imide groups is 1. The minimum absolute atomic E-state index is 0.0499. The van der Waals surface area contributed by atoms with Crippen LogP contribution >= 0.6 is 0 Å². The van der Waals surface area contributed by atoms with Crippen LogP contribution in [-0.2, 0) is 4.79 Å². The summed E-state index contributed by atoms with van der Waals surface area (Å²) in [7, 11) is 0. The van der Waals surface area contributed by atoms with E-state index in [0.717, 1.165) is 0 Å². The van der Waals surface area contributed by atoms with Crippen LogP contribution in [-0.4, -0.2) is 48.2 Å². The predicted octanol–water partition coefficient (Wildman–Crippen LogP) is 1.83. The number of carbonyl (C=O) groups is 4. The number of benzene rings is 1. The van der Waals surface area contributed by atoms with Crippen LogP contribution in [0.3, 0.4) is 0 Å². The van der Waals surface area contributed by atoms with E-state index < -0.39 is 0 Å². The Kier molecular flexibility index (Phi) is 6.71. The number of hydrogen-bond donors (Lipinski definition) is 2. The molecule has 2 rings (SSSR count). The van der Waals surface area contributed by atoms with Gasteiger partial charge in [-0.1, -0.05) is 27.7 Å². The molecule has 0 radical (unpaired) electrons. The van der Waals surface area contributed by atoms with Crippen molar-refractivity contribution in [1.29, 1.82) is 0 Å². The molecule has 0 saturated heterocycles. The van der Waals surface area contributed by atoms with Gasteiger partial charge in [0.25, 0.3) is 17.7 Å². The summed E-state index contributed by atoms with van der Waals surface area (Å²) in [5.74, 6) is -0.630. The Hall–Kier alpha value is -2.70. The van der Waals surface area contributed by atoms with Gasteiger partial charge in [0.1, 0.15) is 0 Å². The molecule has 1 aliphatic rings. The molecule has 1 aliphatic heterocycles. The average molecular weight is 373 g/mol. The first kappa shape index (κ1) is 20.6. The molecule has 0 aliphatic carbocycles. The van der Waals surface area contributed by atoms with Crippen molar-refractivity contribution in [3.8, 4) is 0 Å². The second-order valence-corrected chi connectivity index (χ2v) is 7.58. The molecular weight excluding hydrogens is 346 g/mol. The summed E-state index contributed by atoms with van der Waals surface area (Å²) in [6, 6.07) is 4.52. The molecule has 2 N–H and O–H groups in total. The number of nitrogens with one attached hydrogen (secondary N) is 2. The van der Waals surface area contributed by atoms with E-state index in [-0.39, 0.29) is 47.6 Å². The Morgan fingerprint density at radius 2 is 1.56 bits per heavy atom. The molecule has 4 amide bonds. The van der Waals surface area contributed by atoms with Crippen LogP contribution in [0.25, 0.3) is 0 Å². The van der Waals surface area contributed by atoms with Gasteiger partial charge in [-0.3, -0.25) is 24.1 Å². The molecule has 7 nitrogen and oxygen atoms in total. The third-order valence-electron chi connectivity index (χ3n) is 4.11. The monoisotopic (exact) mass is 373 g/mol. The summed E-state index contributed by atoms with van der Waals surface area (Å²) in [6.45, 7) is 8.76. The van der Waals surface area contributed by atoms with Crippen molar-refractivity contribution in [2.75, 3.05) is 19.6 Å². The van der Waals surface area contributed by atoms with Gasteiger partial charge >= 0.3 is 0 Å². The Labute approximate surface area is 159 Å². The maximum atomic E-state index is 12.5. The van der Waals surface area contributed by atoms with Crippen LogP contribution in [0.1, 0.15) is 65.2 Å². The first-order valence-electron chi connectivity index (χ1n) is 9.25. The molecule has 0 aromatic heterocycles. The molecule has 0 spiro atoms. The summed E-state index contributed by atoms with van der Waals surface area (Å²) in [4.78, 5) is 49.9. The van der Waals surface area contributed by atoms with Crippen LogP contribution in [0.5, 0.6) is 0 Å². The van der Waals surface area contributed by atoms with Gasteiger partial charge in [0.2, 0.25) is 5.91 Å². The molecule has 146 valence electrons. The molecule has 0 unspecified atom stereocenters. The summed E-state index contributed by atoms with van der Waals surface area (Å²) < 4.78 is 0. The summed E-state index contributed by atoms with van der Waals surface area (Å²) in [5.41, 5.74) is 0.909. The topological polar surface area (TPSA) is 95.6 Å². The van der Waals surface area contributed by atoms with Gasteiger partial charge < -0.3 is 10.6 Å². The van der Waals surface area contributed by atoms with Crippen molar-refractivity contribution in [3.05, 3.63) is 34.9 Å². The zero-order chi connectivity index (χ0) is 20.1. The van der Waals surface area contributed by atoms with E-state index in [4.69, 9.17) is 0 Å².